The van der Waals surface area contributed by atoms with Crippen molar-refractivity contribution in [2.75, 3.05) is 12.3 Å². The molecule has 1 aliphatic rings. The van der Waals surface area contributed by atoms with Crippen LogP contribution in [-0.2, 0) is 37.2 Å². The molecular weight excluding hydrogens is 513 g/mol. The average Bonchev–Trinajstić information content (AvgIpc) is 3.19. The maximum atomic E-state index is 11.9. The lowest BCUT2D eigenvalue weighted by atomic mass is 9.95. The molecular formula is C12H17N6O12P3. The Kier molecular flexibility index (Phi) is 6.61. The molecule has 0 aromatic carbocycles. The highest BCUT2D eigenvalue weighted by Crippen LogP contribution is 2.66. The normalized spacial score (nSPS) is 29.4. The van der Waals surface area contributed by atoms with Gasteiger partial charge in [0.1, 0.15) is 30.6 Å². The quantitative estimate of drug-likeness (QED) is 0.197. The van der Waals surface area contributed by atoms with Gasteiger partial charge in [-0.1, -0.05) is 0 Å². The lowest BCUT2D eigenvalue weighted by Crippen LogP contribution is -2.53. The molecule has 2 aromatic rings. The van der Waals surface area contributed by atoms with E-state index in [1.54, 1.807) is 0 Å². The van der Waals surface area contributed by atoms with Crippen molar-refractivity contribution in [2.45, 2.75) is 23.9 Å². The number of phosphoric ester groups is 1. The fourth-order valence-corrected chi connectivity index (χ4v) is 6.09. The van der Waals surface area contributed by atoms with Crippen LogP contribution in [0.25, 0.3) is 5.52 Å². The van der Waals surface area contributed by atoms with Gasteiger partial charge in [-0.15, -0.1) is 0 Å². The molecule has 1 saturated heterocycles. The van der Waals surface area contributed by atoms with E-state index in [1.807, 2.05) is 6.07 Å². The third-order valence-electron chi connectivity index (χ3n) is 4.35. The van der Waals surface area contributed by atoms with Crippen molar-refractivity contribution in [3.05, 3.63) is 24.2 Å². The van der Waals surface area contributed by atoms with Gasteiger partial charge in [0.15, 0.2) is 11.5 Å². The van der Waals surface area contributed by atoms with Crippen LogP contribution in [0.5, 0.6) is 0 Å². The van der Waals surface area contributed by atoms with E-state index < -0.39 is 53.9 Å². The summed E-state index contributed by atoms with van der Waals surface area (Å²) in [6, 6.07) is 4.73. The fourth-order valence-electron chi connectivity index (χ4n) is 3.03. The van der Waals surface area contributed by atoms with Gasteiger partial charge in [0.2, 0.25) is 5.60 Å². The summed E-state index contributed by atoms with van der Waals surface area (Å²) in [6.45, 7) is -1.18. The molecule has 0 radical (unpaired) electrons. The predicted octanol–water partition coefficient (Wildman–Crippen LogP) is -1.19. The molecule has 0 spiro atoms. The van der Waals surface area contributed by atoms with Crippen molar-refractivity contribution >= 4 is 34.8 Å². The molecule has 1 fully saturated rings. The van der Waals surface area contributed by atoms with E-state index in [2.05, 4.69) is 23.2 Å². The van der Waals surface area contributed by atoms with Crippen molar-refractivity contribution in [3.63, 3.8) is 0 Å². The molecule has 5 atom stereocenters. The highest BCUT2D eigenvalue weighted by molar-refractivity contribution is 7.66. The summed E-state index contributed by atoms with van der Waals surface area (Å²) in [5, 5.41) is 24.2. The van der Waals surface area contributed by atoms with E-state index in [0.29, 0.717) is 5.52 Å². The Morgan fingerprint density at radius 1 is 1.24 bits per heavy atom. The second-order valence-corrected chi connectivity index (χ2v) is 11.2. The fraction of sp³-hybridized carbons (Fsp3) is 0.417. The number of phosphoric acid groups is 3. The lowest BCUT2D eigenvalue weighted by molar-refractivity contribution is -0.128. The minimum atomic E-state index is -5.76. The third kappa shape index (κ3) is 5.48. The highest BCUT2D eigenvalue weighted by Gasteiger charge is 2.57. The van der Waals surface area contributed by atoms with Crippen LogP contribution in [0, 0.1) is 11.3 Å². The second-order valence-electron chi connectivity index (χ2n) is 6.74. The van der Waals surface area contributed by atoms with Crippen LogP contribution in [0.15, 0.2) is 18.5 Å². The van der Waals surface area contributed by atoms with Gasteiger partial charge in [-0.25, -0.2) is 23.2 Å². The van der Waals surface area contributed by atoms with Gasteiger partial charge >= 0.3 is 23.5 Å². The van der Waals surface area contributed by atoms with Gasteiger partial charge in [0.05, 0.1) is 5.69 Å². The number of ether oxygens (including phenoxy) is 1. The Bertz CT molecular complexity index is 1260. The summed E-state index contributed by atoms with van der Waals surface area (Å²) in [6.07, 6.45) is -1.04. The van der Waals surface area contributed by atoms with Gasteiger partial charge < -0.3 is 35.2 Å². The number of aromatic nitrogens is 3. The number of aliphatic hydroxyl groups excluding tert-OH is 1. The molecule has 2 aromatic heterocycles. The average molecular weight is 530 g/mol. The Morgan fingerprint density at radius 3 is 2.52 bits per heavy atom. The molecule has 0 saturated carbocycles. The highest BCUT2D eigenvalue weighted by atomic mass is 31.3. The zero-order chi connectivity index (χ0) is 24.9. The first-order chi connectivity index (χ1) is 15.0. The van der Waals surface area contributed by atoms with Crippen LogP contribution in [0.1, 0.15) is 12.1 Å². The molecule has 0 amide bonds. The molecule has 0 bridgehead atoms. The number of nitrogen functional groups attached to an aromatic ring is 1. The van der Waals surface area contributed by atoms with Gasteiger partial charge in [0.25, 0.3) is 0 Å². The zero-order valence-corrected chi connectivity index (χ0v) is 18.8. The first kappa shape index (κ1) is 25.8. The van der Waals surface area contributed by atoms with E-state index >= 15 is 0 Å². The molecule has 9 N–H and O–H groups in total. The SMILES string of the molecule is N#C[C@]1(c2ccc3c(N)ncnn23)C[C@H](O)[C@@](N)(COP(=O)(O)OP(=O)(O)OP(=O)(O)O)O1. The number of nitriles is 1. The van der Waals surface area contributed by atoms with Gasteiger partial charge in [0, 0.05) is 6.42 Å². The molecule has 2 unspecified atom stereocenters. The Hall–Kier alpha value is -1.80. The lowest BCUT2D eigenvalue weighted by Gasteiger charge is -2.29. The van der Waals surface area contributed by atoms with Crippen molar-refractivity contribution in [1.29, 1.82) is 5.26 Å². The first-order valence-electron chi connectivity index (χ1n) is 8.47. The van der Waals surface area contributed by atoms with E-state index in [-0.39, 0.29) is 11.5 Å². The molecule has 3 rings (SSSR count). The number of aliphatic hydroxyl groups is 1. The van der Waals surface area contributed by atoms with E-state index in [4.69, 9.17) is 26.0 Å². The molecule has 21 heteroatoms. The largest absolute Gasteiger partial charge is 0.490 e. The smallest absolute Gasteiger partial charge is 0.388 e. The molecule has 1 aliphatic heterocycles. The Labute approximate surface area is 183 Å². The molecule has 18 nitrogen and oxygen atoms in total. The Morgan fingerprint density at radius 2 is 1.91 bits per heavy atom. The van der Waals surface area contributed by atoms with Crippen LogP contribution in [0.3, 0.4) is 0 Å². The monoisotopic (exact) mass is 530 g/mol. The molecule has 182 valence electrons. The summed E-state index contributed by atoms with van der Waals surface area (Å²) < 4.78 is 52.4. The van der Waals surface area contributed by atoms with E-state index in [9.17, 15) is 33.9 Å². The van der Waals surface area contributed by atoms with Gasteiger partial charge in [-0.05, 0) is 12.1 Å². The molecule has 0 aliphatic carbocycles. The summed E-state index contributed by atoms with van der Waals surface area (Å²) in [5.41, 5.74) is 7.79. The summed E-state index contributed by atoms with van der Waals surface area (Å²) in [5.74, 6) is 0.0783. The number of fused-ring (bicyclic) bond motifs is 1. The first-order valence-corrected chi connectivity index (χ1v) is 13.0. The minimum Gasteiger partial charge on any atom is -0.388 e. The molecule has 33 heavy (non-hydrogen) atoms. The number of anilines is 1. The van der Waals surface area contributed by atoms with Crippen molar-refractivity contribution in [3.8, 4) is 6.07 Å². The zero-order valence-electron chi connectivity index (χ0n) is 16.1. The minimum absolute atomic E-state index is 0.0783. The van der Waals surface area contributed by atoms with Crippen LogP contribution in [0.4, 0.5) is 5.82 Å². The standard InChI is InChI=1S/C12H17N6O12P3/c13-4-11(8-2-1-7-10(14)16-6-17-18(7)8)3-9(19)12(15,28-11)5-27-32(23,24)30-33(25,26)29-31(20,21)22/h1-2,6,9,19H,3,5,15H2,(H,23,24)(H,25,26)(H2,14,16,17)(H2,20,21,22)/t9-,11-,12+/m0/s1. The van der Waals surface area contributed by atoms with Crippen LogP contribution in [0.2, 0.25) is 0 Å². The van der Waals surface area contributed by atoms with E-state index in [0.717, 1.165) is 6.33 Å². The number of rotatable bonds is 8. The number of hydrogen-bond donors (Lipinski definition) is 7. The molecule has 3 heterocycles. The maximum Gasteiger partial charge on any atom is 0.490 e. The summed E-state index contributed by atoms with van der Waals surface area (Å²) in [4.78, 5) is 39.7. The predicted molar refractivity (Wildman–Crippen MR) is 103 cm³/mol. The van der Waals surface area contributed by atoms with Crippen molar-refractivity contribution < 1.29 is 56.3 Å². The van der Waals surface area contributed by atoms with Crippen molar-refractivity contribution in [2.24, 2.45) is 5.73 Å². The van der Waals surface area contributed by atoms with Gasteiger partial charge in [-0.3, -0.25) is 10.3 Å². The number of nitrogens with two attached hydrogens (primary N) is 2. The summed E-state index contributed by atoms with van der Waals surface area (Å²) >= 11 is 0. The Balaban J connectivity index is 1.81. The van der Waals surface area contributed by atoms with Crippen LogP contribution in [-0.4, -0.2) is 57.7 Å². The summed E-state index contributed by atoms with van der Waals surface area (Å²) in [7, 11) is -16.9. The third-order valence-corrected chi connectivity index (χ3v) is 8.14. The van der Waals surface area contributed by atoms with Gasteiger partial charge in [-0.2, -0.15) is 19.0 Å². The number of nitrogens with zero attached hydrogens (tertiary/aromatic N) is 4. The second kappa shape index (κ2) is 8.45. The maximum absolute atomic E-state index is 11.9. The van der Waals surface area contributed by atoms with E-state index in [1.165, 1.54) is 16.6 Å². The van der Waals surface area contributed by atoms with Crippen LogP contribution < -0.4 is 11.5 Å². The van der Waals surface area contributed by atoms with Crippen molar-refractivity contribution in [1.82, 2.24) is 14.6 Å². The van der Waals surface area contributed by atoms with Crippen LogP contribution >= 0.6 is 23.5 Å². The number of hydrogen-bond acceptors (Lipinski definition) is 13. The topological polar surface area (TPSA) is 295 Å².